The molecule has 1 amide bonds. The zero-order chi connectivity index (χ0) is 15.7. The number of hydrogen-bond acceptors (Lipinski definition) is 6. The second-order valence-corrected chi connectivity index (χ2v) is 3.78. The Morgan fingerprint density at radius 1 is 1.33 bits per heavy atom. The minimum atomic E-state index is -0.612. The van der Waals surface area contributed by atoms with Crippen molar-refractivity contribution in [3.05, 3.63) is 36.0 Å². The lowest BCUT2D eigenvalue weighted by atomic mass is 10.2. The predicted octanol–water partition coefficient (Wildman–Crippen LogP) is 0.804. The van der Waals surface area contributed by atoms with Crippen LogP contribution in [0.3, 0.4) is 0 Å². The molecule has 0 bridgehead atoms. The first-order chi connectivity index (χ1) is 10.1. The highest BCUT2D eigenvalue weighted by Crippen LogP contribution is 2.23. The van der Waals surface area contributed by atoms with Crippen LogP contribution >= 0.6 is 0 Å². The quantitative estimate of drug-likeness (QED) is 0.456. The summed E-state index contributed by atoms with van der Waals surface area (Å²) in [5.74, 6) is -0.640. The van der Waals surface area contributed by atoms with Crippen LogP contribution < -0.4 is 15.4 Å². The van der Waals surface area contributed by atoms with E-state index in [0.717, 1.165) is 6.20 Å². The molecule has 0 aliphatic heterocycles. The van der Waals surface area contributed by atoms with Crippen molar-refractivity contribution in [2.24, 2.45) is 0 Å². The van der Waals surface area contributed by atoms with Gasteiger partial charge in [0.25, 0.3) is 5.91 Å². The molecule has 1 aromatic carbocycles. The predicted molar refractivity (Wildman–Crippen MR) is 75.3 cm³/mol. The Kier molecular flexibility index (Phi) is 6.28. The van der Waals surface area contributed by atoms with Crippen LogP contribution in [-0.4, -0.2) is 32.6 Å². The molecule has 1 aromatic rings. The fraction of sp³-hybridized carbons (Fsp3) is 0.214. The molecule has 0 unspecified atom stereocenters. The number of ether oxygens (including phenoxy) is 2. The van der Waals surface area contributed by atoms with E-state index in [9.17, 15) is 9.59 Å². The largest absolute Gasteiger partial charge is 0.495 e. The molecule has 0 atom stereocenters. The Bertz CT molecular complexity index is 590. The summed E-state index contributed by atoms with van der Waals surface area (Å²) in [6.07, 6.45) is 1.15. The van der Waals surface area contributed by atoms with Crippen molar-refractivity contribution in [2.45, 2.75) is 0 Å². The van der Waals surface area contributed by atoms with Gasteiger partial charge in [0.1, 0.15) is 23.9 Å². The van der Waals surface area contributed by atoms with Crippen LogP contribution in [0.1, 0.15) is 0 Å². The maximum atomic E-state index is 11.9. The molecule has 7 heteroatoms. The first kappa shape index (κ1) is 16.0. The molecular formula is C14H15N3O4. The van der Waals surface area contributed by atoms with Gasteiger partial charge in [-0.05, 0) is 12.1 Å². The molecule has 0 aliphatic carbocycles. The molecule has 0 spiro atoms. The molecule has 0 aromatic heterocycles. The van der Waals surface area contributed by atoms with Crippen LogP contribution in [0.25, 0.3) is 0 Å². The fourth-order valence-corrected chi connectivity index (χ4v) is 1.39. The Balaban J connectivity index is 2.74. The van der Waals surface area contributed by atoms with Crippen LogP contribution in [0.2, 0.25) is 0 Å². The van der Waals surface area contributed by atoms with E-state index in [0.29, 0.717) is 11.4 Å². The number of esters is 1. The molecule has 0 aliphatic rings. The van der Waals surface area contributed by atoms with Crippen molar-refractivity contribution in [3.63, 3.8) is 0 Å². The molecule has 0 saturated heterocycles. The standard InChI is InChI=1S/C14H15N3O4/c1-20-12-6-4-3-5-11(12)17-14(19)10(7-15)8-16-9-13(18)21-2/h3-6,8,16H,9H2,1-2H3,(H,17,19)/b10-8-. The molecule has 110 valence electrons. The molecule has 0 radical (unpaired) electrons. The number of anilines is 1. The number of para-hydroxylation sites is 2. The van der Waals surface area contributed by atoms with E-state index in [4.69, 9.17) is 10.00 Å². The fourth-order valence-electron chi connectivity index (χ4n) is 1.39. The van der Waals surface area contributed by atoms with Gasteiger partial charge in [-0.3, -0.25) is 9.59 Å². The summed E-state index contributed by atoms with van der Waals surface area (Å²) >= 11 is 0. The average Bonchev–Trinajstić information content (AvgIpc) is 2.51. The van der Waals surface area contributed by atoms with Gasteiger partial charge in [0, 0.05) is 6.20 Å². The smallest absolute Gasteiger partial charge is 0.325 e. The van der Waals surface area contributed by atoms with Gasteiger partial charge in [0.2, 0.25) is 0 Å². The molecule has 7 nitrogen and oxygen atoms in total. The van der Waals surface area contributed by atoms with Gasteiger partial charge < -0.3 is 20.1 Å². The summed E-state index contributed by atoms with van der Waals surface area (Å²) in [4.78, 5) is 22.9. The zero-order valence-electron chi connectivity index (χ0n) is 11.7. The number of carbonyl (C=O) groups is 2. The maximum absolute atomic E-state index is 11.9. The number of methoxy groups -OCH3 is 2. The van der Waals surface area contributed by atoms with E-state index in [1.54, 1.807) is 30.3 Å². The number of rotatable bonds is 6. The number of nitrogens with zero attached hydrogens (tertiary/aromatic N) is 1. The minimum absolute atomic E-state index is 0.135. The van der Waals surface area contributed by atoms with Crippen molar-refractivity contribution in [1.82, 2.24) is 5.32 Å². The van der Waals surface area contributed by atoms with Crippen LogP contribution in [0.5, 0.6) is 5.75 Å². The maximum Gasteiger partial charge on any atom is 0.325 e. The van der Waals surface area contributed by atoms with Gasteiger partial charge >= 0.3 is 5.97 Å². The summed E-state index contributed by atoms with van der Waals surface area (Å²) in [7, 11) is 2.72. The highest BCUT2D eigenvalue weighted by atomic mass is 16.5. The lowest BCUT2D eigenvalue weighted by Crippen LogP contribution is -2.22. The highest BCUT2D eigenvalue weighted by molar-refractivity contribution is 6.07. The van der Waals surface area contributed by atoms with E-state index in [-0.39, 0.29) is 12.1 Å². The third kappa shape index (κ3) is 4.87. The van der Waals surface area contributed by atoms with Crippen molar-refractivity contribution < 1.29 is 19.1 Å². The molecular weight excluding hydrogens is 274 g/mol. The van der Waals surface area contributed by atoms with Gasteiger partial charge in [0.15, 0.2) is 0 Å². The number of carbonyl (C=O) groups excluding carboxylic acids is 2. The summed E-state index contributed by atoms with van der Waals surface area (Å²) in [6, 6.07) is 8.56. The van der Waals surface area contributed by atoms with E-state index >= 15 is 0 Å². The van der Waals surface area contributed by atoms with Crippen molar-refractivity contribution >= 4 is 17.6 Å². The lowest BCUT2D eigenvalue weighted by molar-refractivity contribution is -0.139. The van der Waals surface area contributed by atoms with Gasteiger partial charge in [-0.1, -0.05) is 12.1 Å². The molecule has 2 N–H and O–H groups in total. The third-order valence-corrected chi connectivity index (χ3v) is 2.44. The van der Waals surface area contributed by atoms with Crippen LogP contribution in [0, 0.1) is 11.3 Å². The Morgan fingerprint density at radius 3 is 2.67 bits per heavy atom. The second kappa shape index (κ2) is 8.22. The van der Waals surface area contributed by atoms with E-state index in [1.165, 1.54) is 14.2 Å². The van der Waals surface area contributed by atoms with Crippen LogP contribution in [0.15, 0.2) is 36.0 Å². The molecule has 0 saturated carbocycles. The van der Waals surface area contributed by atoms with E-state index < -0.39 is 11.9 Å². The topological polar surface area (TPSA) is 100 Å². The molecule has 21 heavy (non-hydrogen) atoms. The number of nitriles is 1. The number of nitrogens with one attached hydrogen (secondary N) is 2. The average molecular weight is 289 g/mol. The monoisotopic (exact) mass is 289 g/mol. The summed E-state index contributed by atoms with van der Waals surface area (Å²) < 4.78 is 9.51. The Labute approximate surface area is 122 Å². The van der Waals surface area contributed by atoms with Crippen molar-refractivity contribution in [1.29, 1.82) is 5.26 Å². The van der Waals surface area contributed by atoms with Gasteiger partial charge in [0.05, 0.1) is 19.9 Å². The van der Waals surface area contributed by atoms with E-state index in [2.05, 4.69) is 15.4 Å². The number of amides is 1. The normalized spacial score (nSPS) is 10.2. The zero-order valence-corrected chi connectivity index (χ0v) is 11.7. The third-order valence-electron chi connectivity index (χ3n) is 2.44. The molecule has 1 rings (SSSR count). The number of hydrogen-bond donors (Lipinski definition) is 2. The van der Waals surface area contributed by atoms with Crippen LogP contribution in [0.4, 0.5) is 5.69 Å². The lowest BCUT2D eigenvalue weighted by Gasteiger charge is -2.09. The summed E-state index contributed by atoms with van der Waals surface area (Å²) in [5.41, 5.74) is 0.268. The SMILES string of the molecule is COC(=O)CN/C=C(/C#N)C(=O)Nc1ccccc1OC. The van der Waals surface area contributed by atoms with Crippen molar-refractivity contribution in [3.8, 4) is 11.8 Å². The second-order valence-electron chi connectivity index (χ2n) is 3.78. The Morgan fingerprint density at radius 2 is 2.05 bits per heavy atom. The highest BCUT2D eigenvalue weighted by Gasteiger charge is 2.12. The number of benzene rings is 1. The Hall–Kier alpha value is -3.01. The van der Waals surface area contributed by atoms with Gasteiger partial charge in [-0.25, -0.2) is 0 Å². The minimum Gasteiger partial charge on any atom is -0.495 e. The first-order valence-electron chi connectivity index (χ1n) is 5.97. The van der Waals surface area contributed by atoms with Gasteiger partial charge in [-0.15, -0.1) is 0 Å². The summed E-state index contributed by atoms with van der Waals surface area (Å²) in [5, 5.41) is 14.0. The van der Waals surface area contributed by atoms with Crippen LogP contribution in [-0.2, 0) is 14.3 Å². The summed E-state index contributed by atoms with van der Waals surface area (Å²) in [6.45, 7) is -0.135. The van der Waals surface area contributed by atoms with Crippen molar-refractivity contribution in [2.75, 3.05) is 26.1 Å². The molecule has 0 fully saturated rings. The van der Waals surface area contributed by atoms with Gasteiger partial charge in [-0.2, -0.15) is 5.26 Å². The molecule has 0 heterocycles. The van der Waals surface area contributed by atoms with E-state index in [1.807, 2.05) is 0 Å². The first-order valence-corrected chi connectivity index (χ1v) is 5.97.